The van der Waals surface area contributed by atoms with E-state index >= 15 is 0 Å². The largest absolute Gasteiger partial charge is 0.198 e. The van der Waals surface area contributed by atoms with E-state index in [2.05, 4.69) is 17.9 Å². The van der Waals surface area contributed by atoms with Crippen LogP contribution in [0.15, 0.2) is 0 Å². The number of nitrogens with zero attached hydrogens (tertiary/aromatic N) is 4. The van der Waals surface area contributed by atoms with Gasteiger partial charge in [-0.25, -0.2) is 0 Å². The second-order valence-corrected chi connectivity index (χ2v) is 3.15. The molecule has 0 saturated heterocycles. The van der Waals surface area contributed by atoms with Gasteiger partial charge in [0, 0.05) is 12.8 Å². The van der Waals surface area contributed by atoms with Crippen LogP contribution in [-0.4, -0.2) is 0 Å². The molecular formula is C12H10N4. The third-order valence-corrected chi connectivity index (χ3v) is 2.04. The molecule has 0 N–H and O–H groups in total. The number of nitriles is 4. The third-order valence-electron chi connectivity index (χ3n) is 2.04. The molecule has 78 valence electrons. The smallest absolute Gasteiger partial charge is 0.120 e. The fourth-order valence-electron chi connectivity index (χ4n) is 1.18. The van der Waals surface area contributed by atoms with E-state index in [1.165, 1.54) is 0 Å². The van der Waals surface area contributed by atoms with Gasteiger partial charge >= 0.3 is 0 Å². The monoisotopic (exact) mass is 210 g/mol. The topological polar surface area (TPSA) is 95.2 Å². The van der Waals surface area contributed by atoms with Crippen LogP contribution in [0.4, 0.5) is 0 Å². The van der Waals surface area contributed by atoms with E-state index in [0.717, 1.165) is 0 Å². The molecule has 0 aromatic rings. The molecule has 0 unspecified atom stereocenters. The summed E-state index contributed by atoms with van der Waals surface area (Å²) in [6.07, 6.45) is 1.14. The van der Waals surface area contributed by atoms with E-state index in [1.54, 1.807) is 0 Å². The Kier molecular flexibility index (Phi) is 6.66. The zero-order valence-electron chi connectivity index (χ0n) is 8.82. The van der Waals surface area contributed by atoms with Crippen molar-refractivity contribution < 1.29 is 0 Å². The van der Waals surface area contributed by atoms with Gasteiger partial charge in [-0.3, -0.25) is 0 Å². The van der Waals surface area contributed by atoms with Gasteiger partial charge in [-0.1, -0.05) is 11.8 Å². The summed E-state index contributed by atoms with van der Waals surface area (Å²) in [5, 5.41) is 34.4. The molecule has 0 amide bonds. The molecule has 0 spiro atoms. The molecule has 4 heteroatoms. The minimum Gasteiger partial charge on any atom is -0.198 e. The first-order valence-electron chi connectivity index (χ1n) is 4.77. The maximum atomic E-state index is 9.07. The molecule has 4 nitrogen and oxygen atoms in total. The summed E-state index contributed by atoms with van der Waals surface area (Å²) in [5.41, 5.74) is -0.956. The molecule has 0 rings (SSSR count). The summed E-state index contributed by atoms with van der Waals surface area (Å²) in [4.78, 5) is 0. The molecule has 16 heavy (non-hydrogen) atoms. The maximum Gasteiger partial charge on any atom is 0.120 e. The second kappa shape index (κ2) is 7.88. The van der Waals surface area contributed by atoms with Crippen LogP contribution in [0.1, 0.15) is 32.1 Å². The number of hydrogen-bond donors (Lipinski definition) is 0. The highest BCUT2D eigenvalue weighted by Crippen LogP contribution is 2.28. The quantitative estimate of drug-likeness (QED) is 0.663. The minimum absolute atomic E-state index is 0.0581. The van der Waals surface area contributed by atoms with Gasteiger partial charge in [0.15, 0.2) is 0 Å². The molecule has 0 aromatic carbocycles. The van der Waals surface area contributed by atoms with E-state index < -0.39 is 5.41 Å². The van der Waals surface area contributed by atoms with Crippen molar-refractivity contribution in [3.8, 4) is 36.1 Å². The first-order valence-corrected chi connectivity index (χ1v) is 4.77. The van der Waals surface area contributed by atoms with Gasteiger partial charge in [-0.05, 0) is 12.8 Å². The van der Waals surface area contributed by atoms with Crippen LogP contribution < -0.4 is 0 Å². The van der Waals surface area contributed by atoms with E-state index in [0.29, 0.717) is 12.8 Å². The standard InChI is InChI=1S/C12H10N4/c13-8-2-1-5-12(11-16,6-3-9-14)7-4-10-15/h2-4,6-7H2. The van der Waals surface area contributed by atoms with Crippen molar-refractivity contribution in [2.75, 3.05) is 0 Å². The van der Waals surface area contributed by atoms with Crippen LogP contribution >= 0.6 is 0 Å². The van der Waals surface area contributed by atoms with E-state index in [4.69, 9.17) is 21.0 Å². The Hall–Kier alpha value is -2.48. The fraction of sp³-hybridized carbons (Fsp3) is 0.500. The first kappa shape index (κ1) is 13.5. The molecule has 0 heterocycles. The van der Waals surface area contributed by atoms with Crippen molar-refractivity contribution in [1.29, 1.82) is 21.0 Å². The Labute approximate surface area is 95.3 Å². The Morgan fingerprint density at radius 3 is 1.75 bits per heavy atom. The van der Waals surface area contributed by atoms with Crippen molar-refractivity contribution in [1.82, 2.24) is 0 Å². The number of hydrogen-bond acceptors (Lipinski definition) is 4. The lowest BCUT2D eigenvalue weighted by Gasteiger charge is -2.17. The summed E-state index contributed by atoms with van der Waals surface area (Å²) in [7, 11) is 0. The Bertz CT molecular complexity index is 421. The first-order chi connectivity index (χ1) is 7.74. The lowest BCUT2D eigenvalue weighted by molar-refractivity contribution is 0.457. The highest BCUT2D eigenvalue weighted by atomic mass is 14.4. The maximum absolute atomic E-state index is 9.07. The van der Waals surface area contributed by atoms with E-state index in [9.17, 15) is 0 Å². The van der Waals surface area contributed by atoms with Gasteiger partial charge < -0.3 is 0 Å². The zero-order chi connectivity index (χ0) is 12.3. The fourth-order valence-corrected chi connectivity index (χ4v) is 1.18. The van der Waals surface area contributed by atoms with E-state index in [-0.39, 0.29) is 19.3 Å². The van der Waals surface area contributed by atoms with Crippen LogP contribution in [-0.2, 0) is 0 Å². The van der Waals surface area contributed by atoms with Gasteiger partial charge in [0.1, 0.15) is 5.41 Å². The SMILES string of the molecule is N#CCC#CC(C#N)(CCC#N)CCC#N. The second-order valence-electron chi connectivity index (χ2n) is 3.15. The summed E-state index contributed by atoms with van der Waals surface area (Å²) in [6, 6.07) is 7.84. The summed E-state index contributed by atoms with van der Waals surface area (Å²) < 4.78 is 0. The van der Waals surface area contributed by atoms with Crippen molar-refractivity contribution >= 4 is 0 Å². The minimum atomic E-state index is -0.956. The van der Waals surface area contributed by atoms with Gasteiger partial charge in [-0.2, -0.15) is 21.0 Å². The average Bonchev–Trinajstić information content (AvgIpc) is 2.32. The Morgan fingerprint density at radius 1 is 0.812 bits per heavy atom. The molecule has 0 radical (unpaired) electrons. The zero-order valence-corrected chi connectivity index (χ0v) is 8.82. The van der Waals surface area contributed by atoms with Crippen molar-refractivity contribution in [2.24, 2.45) is 5.41 Å². The number of rotatable bonds is 4. The van der Waals surface area contributed by atoms with Gasteiger partial charge in [0.05, 0.1) is 30.7 Å². The molecule has 0 aliphatic rings. The highest BCUT2D eigenvalue weighted by molar-refractivity contribution is 5.23. The Morgan fingerprint density at radius 2 is 1.38 bits per heavy atom. The predicted octanol–water partition coefficient (Wildman–Crippen LogP) is 2.02. The van der Waals surface area contributed by atoms with E-state index in [1.807, 2.05) is 18.2 Å². The van der Waals surface area contributed by atoms with Gasteiger partial charge in [-0.15, -0.1) is 0 Å². The summed E-state index contributed by atoms with van der Waals surface area (Å²) in [5.74, 6) is 5.31. The Balaban J connectivity index is 4.81. The molecule has 0 bridgehead atoms. The predicted molar refractivity (Wildman–Crippen MR) is 55.7 cm³/mol. The van der Waals surface area contributed by atoms with Crippen LogP contribution in [0, 0.1) is 62.6 Å². The molecule has 0 aliphatic heterocycles. The van der Waals surface area contributed by atoms with Crippen LogP contribution in [0.3, 0.4) is 0 Å². The normalized spacial score (nSPS) is 8.50. The lowest BCUT2D eigenvalue weighted by Crippen LogP contribution is -2.16. The van der Waals surface area contributed by atoms with Crippen molar-refractivity contribution in [3.63, 3.8) is 0 Å². The van der Waals surface area contributed by atoms with Crippen LogP contribution in [0.25, 0.3) is 0 Å². The lowest BCUT2D eigenvalue weighted by atomic mass is 9.81. The molecular weight excluding hydrogens is 200 g/mol. The van der Waals surface area contributed by atoms with Crippen LogP contribution in [0.5, 0.6) is 0 Å². The summed E-state index contributed by atoms with van der Waals surface area (Å²) >= 11 is 0. The third kappa shape index (κ3) is 4.67. The van der Waals surface area contributed by atoms with Gasteiger partial charge in [0.2, 0.25) is 0 Å². The van der Waals surface area contributed by atoms with Crippen molar-refractivity contribution in [3.05, 3.63) is 0 Å². The average molecular weight is 210 g/mol. The molecule has 0 aliphatic carbocycles. The molecule has 0 saturated carbocycles. The summed E-state index contributed by atoms with van der Waals surface area (Å²) in [6.45, 7) is 0. The van der Waals surface area contributed by atoms with Crippen LogP contribution in [0.2, 0.25) is 0 Å². The molecule has 0 aromatic heterocycles. The van der Waals surface area contributed by atoms with Gasteiger partial charge in [0.25, 0.3) is 0 Å². The highest BCUT2D eigenvalue weighted by Gasteiger charge is 2.26. The van der Waals surface area contributed by atoms with Crippen molar-refractivity contribution in [2.45, 2.75) is 32.1 Å². The molecule has 0 atom stereocenters. The molecule has 0 fully saturated rings.